The van der Waals surface area contributed by atoms with Crippen molar-refractivity contribution in [2.24, 2.45) is 11.5 Å². The van der Waals surface area contributed by atoms with E-state index in [2.05, 4.69) is 21.3 Å². The molecule has 0 aliphatic carbocycles. The number of hydrogen-bond acceptors (Lipinski definition) is 6. The van der Waals surface area contributed by atoms with Gasteiger partial charge in [-0.1, -0.05) is 91.0 Å². The lowest BCUT2D eigenvalue weighted by atomic mass is 10.0. The first-order chi connectivity index (χ1) is 20.2. The van der Waals surface area contributed by atoms with Crippen LogP contribution in [-0.4, -0.2) is 60.8 Å². The number of primary amides is 1. The Balaban J connectivity index is 1.54. The van der Waals surface area contributed by atoms with Crippen LogP contribution in [0.3, 0.4) is 0 Å². The highest BCUT2D eigenvalue weighted by Gasteiger charge is 2.24. The van der Waals surface area contributed by atoms with Gasteiger partial charge in [-0.2, -0.15) is 0 Å². The van der Waals surface area contributed by atoms with Crippen LogP contribution in [0, 0.1) is 0 Å². The second kappa shape index (κ2) is 16.3. The van der Waals surface area contributed by atoms with Gasteiger partial charge >= 0.3 is 0 Å². The molecule has 0 saturated heterocycles. The second-order valence-electron chi connectivity index (χ2n) is 9.75. The van der Waals surface area contributed by atoms with Gasteiger partial charge in [0.25, 0.3) is 0 Å². The summed E-state index contributed by atoms with van der Waals surface area (Å²) in [5, 5.41) is 10.1. The van der Waals surface area contributed by atoms with Gasteiger partial charge in [-0.3, -0.25) is 24.0 Å². The fourth-order valence-electron chi connectivity index (χ4n) is 4.17. The average molecular weight is 573 g/mol. The summed E-state index contributed by atoms with van der Waals surface area (Å²) in [5.74, 6) is -3.05. The number of hydrogen-bond donors (Lipinski definition) is 6. The molecule has 0 saturated carbocycles. The number of benzene rings is 3. The predicted octanol–water partition coefficient (Wildman–Crippen LogP) is -0.271. The molecule has 5 amide bonds. The molecule has 0 radical (unpaired) electrons. The van der Waals surface area contributed by atoms with Crippen molar-refractivity contribution in [3.63, 3.8) is 0 Å². The summed E-state index contributed by atoms with van der Waals surface area (Å²) in [5.41, 5.74) is 13.9. The normalized spacial score (nSPS) is 12.7. The lowest BCUT2D eigenvalue weighted by molar-refractivity contribution is -0.131. The summed E-state index contributed by atoms with van der Waals surface area (Å²) in [6.45, 7) is -0.830. The molecular formula is C31H36N6O5. The lowest BCUT2D eigenvalue weighted by Crippen LogP contribution is -2.54. The molecule has 0 heterocycles. The van der Waals surface area contributed by atoms with Crippen LogP contribution in [0.15, 0.2) is 91.0 Å². The Bertz CT molecular complexity index is 1340. The zero-order valence-corrected chi connectivity index (χ0v) is 23.1. The van der Waals surface area contributed by atoms with Gasteiger partial charge < -0.3 is 32.7 Å². The summed E-state index contributed by atoms with van der Waals surface area (Å²) >= 11 is 0. The smallest absolute Gasteiger partial charge is 0.243 e. The number of amides is 5. The third-order valence-corrected chi connectivity index (χ3v) is 6.38. The fourth-order valence-corrected chi connectivity index (χ4v) is 4.17. The van der Waals surface area contributed by atoms with E-state index in [1.165, 1.54) is 0 Å². The van der Waals surface area contributed by atoms with Gasteiger partial charge in [-0.15, -0.1) is 0 Å². The van der Waals surface area contributed by atoms with Gasteiger partial charge in [-0.25, -0.2) is 0 Å². The highest BCUT2D eigenvalue weighted by molar-refractivity contribution is 5.93. The largest absolute Gasteiger partial charge is 0.368 e. The monoisotopic (exact) mass is 572 g/mol. The van der Waals surface area contributed by atoms with E-state index < -0.39 is 54.2 Å². The number of rotatable bonds is 15. The third-order valence-electron chi connectivity index (χ3n) is 6.38. The molecule has 8 N–H and O–H groups in total. The maximum Gasteiger partial charge on any atom is 0.243 e. The fraction of sp³-hybridized carbons (Fsp3) is 0.258. The van der Waals surface area contributed by atoms with Gasteiger partial charge in [0.2, 0.25) is 29.5 Å². The van der Waals surface area contributed by atoms with E-state index >= 15 is 0 Å². The Labute approximate surface area is 244 Å². The SMILES string of the molecule is NC(=O)[C@H](Cc1ccccc1)NC(=O)CNC(=O)[C@H](Cc1ccccc1)NC(=O)CNC(=O)[C@@H](N)Cc1ccccc1. The molecule has 0 unspecified atom stereocenters. The van der Waals surface area contributed by atoms with E-state index in [9.17, 15) is 24.0 Å². The third kappa shape index (κ3) is 10.9. The Kier molecular flexibility index (Phi) is 12.2. The van der Waals surface area contributed by atoms with Crippen molar-refractivity contribution in [3.8, 4) is 0 Å². The van der Waals surface area contributed by atoms with Crippen LogP contribution in [0.5, 0.6) is 0 Å². The second-order valence-corrected chi connectivity index (χ2v) is 9.75. The molecular weight excluding hydrogens is 536 g/mol. The quantitative estimate of drug-likeness (QED) is 0.146. The molecule has 0 aromatic heterocycles. The standard InChI is InChI=1S/C31H36N6O5/c32-24(16-21-10-4-1-5-11-21)30(41)34-19-28(39)37-26(18-23-14-8-3-9-15-23)31(42)35-20-27(38)36-25(29(33)40)17-22-12-6-2-7-13-22/h1-15,24-26H,16-20,32H2,(H2,33,40)(H,34,41)(H,35,42)(H,36,38)(H,37,39)/t24-,25-,26-/m0/s1. The van der Waals surface area contributed by atoms with Crippen molar-refractivity contribution in [1.82, 2.24) is 21.3 Å². The number of carbonyl (C=O) groups is 5. The summed E-state index contributed by atoms with van der Waals surface area (Å²) < 4.78 is 0. The molecule has 220 valence electrons. The molecule has 11 nitrogen and oxygen atoms in total. The van der Waals surface area contributed by atoms with Crippen LogP contribution >= 0.6 is 0 Å². The van der Waals surface area contributed by atoms with Crippen molar-refractivity contribution in [2.45, 2.75) is 37.4 Å². The highest BCUT2D eigenvalue weighted by atomic mass is 16.2. The van der Waals surface area contributed by atoms with Crippen LogP contribution in [0.25, 0.3) is 0 Å². The van der Waals surface area contributed by atoms with E-state index in [-0.39, 0.29) is 19.4 Å². The highest BCUT2D eigenvalue weighted by Crippen LogP contribution is 2.05. The predicted molar refractivity (Wildman–Crippen MR) is 157 cm³/mol. The minimum absolute atomic E-state index is 0.138. The van der Waals surface area contributed by atoms with Crippen LogP contribution < -0.4 is 32.7 Å². The average Bonchev–Trinajstić information content (AvgIpc) is 2.99. The number of carbonyl (C=O) groups excluding carboxylic acids is 5. The molecule has 3 aromatic rings. The molecule has 0 aliphatic rings. The van der Waals surface area contributed by atoms with Gasteiger partial charge in [-0.05, 0) is 23.1 Å². The Hall–Kier alpha value is -5.03. The van der Waals surface area contributed by atoms with E-state index in [1.807, 2.05) is 42.5 Å². The van der Waals surface area contributed by atoms with Crippen molar-refractivity contribution in [3.05, 3.63) is 108 Å². The van der Waals surface area contributed by atoms with Crippen LogP contribution in [0.4, 0.5) is 0 Å². The maximum absolute atomic E-state index is 13.0. The van der Waals surface area contributed by atoms with Crippen molar-refractivity contribution in [2.75, 3.05) is 13.1 Å². The Morgan fingerprint density at radius 1 is 0.548 bits per heavy atom. The molecule has 42 heavy (non-hydrogen) atoms. The topological polar surface area (TPSA) is 186 Å². The van der Waals surface area contributed by atoms with Crippen molar-refractivity contribution < 1.29 is 24.0 Å². The molecule has 0 spiro atoms. The van der Waals surface area contributed by atoms with E-state index in [0.29, 0.717) is 6.42 Å². The van der Waals surface area contributed by atoms with Crippen molar-refractivity contribution >= 4 is 29.5 Å². The van der Waals surface area contributed by atoms with Crippen LogP contribution in [0.2, 0.25) is 0 Å². The summed E-state index contributed by atoms with van der Waals surface area (Å²) in [7, 11) is 0. The molecule has 0 fully saturated rings. The maximum atomic E-state index is 13.0. The van der Waals surface area contributed by atoms with Gasteiger partial charge in [0, 0.05) is 12.8 Å². The lowest BCUT2D eigenvalue weighted by Gasteiger charge is -2.20. The van der Waals surface area contributed by atoms with Gasteiger partial charge in [0.15, 0.2) is 0 Å². The van der Waals surface area contributed by atoms with Crippen LogP contribution in [0.1, 0.15) is 16.7 Å². The van der Waals surface area contributed by atoms with Gasteiger partial charge in [0.05, 0.1) is 19.1 Å². The zero-order chi connectivity index (χ0) is 30.3. The molecule has 3 atom stereocenters. The van der Waals surface area contributed by atoms with Crippen molar-refractivity contribution in [1.29, 1.82) is 0 Å². The minimum atomic E-state index is -1.04. The first-order valence-electron chi connectivity index (χ1n) is 13.5. The minimum Gasteiger partial charge on any atom is -0.368 e. The van der Waals surface area contributed by atoms with E-state index in [1.54, 1.807) is 48.5 Å². The zero-order valence-electron chi connectivity index (χ0n) is 23.1. The number of nitrogens with one attached hydrogen (secondary N) is 4. The summed E-state index contributed by atoms with van der Waals surface area (Å²) in [6, 6.07) is 24.4. The molecule has 0 aliphatic heterocycles. The Morgan fingerprint density at radius 2 is 0.929 bits per heavy atom. The van der Waals surface area contributed by atoms with Crippen LogP contribution in [-0.2, 0) is 43.2 Å². The molecule has 3 rings (SSSR count). The molecule has 11 heteroatoms. The Morgan fingerprint density at radius 3 is 1.38 bits per heavy atom. The van der Waals surface area contributed by atoms with E-state index in [0.717, 1.165) is 16.7 Å². The molecule has 3 aromatic carbocycles. The first kappa shape index (κ1) is 31.5. The molecule has 0 bridgehead atoms. The van der Waals surface area contributed by atoms with E-state index in [4.69, 9.17) is 11.5 Å². The first-order valence-corrected chi connectivity index (χ1v) is 13.5. The summed E-state index contributed by atoms with van der Waals surface area (Å²) in [4.78, 5) is 62.6. The van der Waals surface area contributed by atoms with Gasteiger partial charge in [0.1, 0.15) is 12.1 Å². The summed E-state index contributed by atoms with van der Waals surface area (Å²) in [6.07, 6.45) is 0.639. The number of nitrogens with two attached hydrogens (primary N) is 2.